The molecule has 3 heteroatoms. The molecule has 0 radical (unpaired) electrons. The summed E-state index contributed by atoms with van der Waals surface area (Å²) in [4.78, 5) is 0. The van der Waals surface area contributed by atoms with E-state index in [0.717, 1.165) is 0 Å². The first kappa shape index (κ1) is 13.3. The van der Waals surface area contributed by atoms with Gasteiger partial charge < -0.3 is 4.44 Å². The molecule has 0 amide bonds. The molecule has 0 aliphatic heterocycles. The van der Waals surface area contributed by atoms with E-state index >= 15 is 0 Å². The highest BCUT2D eigenvalue weighted by Crippen LogP contribution is 2.36. The molecule has 0 spiro atoms. The van der Waals surface area contributed by atoms with Crippen LogP contribution in [0.5, 0.6) is 0 Å². The molecule has 0 aromatic heterocycles. The van der Waals surface area contributed by atoms with Gasteiger partial charge in [-0.1, -0.05) is 68.4 Å². The lowest BCUT2D eigenvalue weighted by Gasteiger charge is -2.21. The maximum absolute atomic E-state index is 5.78. The minimum absolute atomic E-state index is 0.519. The maximum atomic E-state index is 5.78. The summed E-state index contributed by atoms with van der Waals surface area (Å²) in [5.41, 5.74) is 1.38. The Bertz CT molecular complexity index is 499. The first-order valence-electron chi connectivity index (χ1n) is 6.22. The predicted octanol–water partition coefficient (Wildman–Crippen LogP) is 2.72. The summed E-state index contributed by atoms with van der Waals surface area (Å²) in [7, 11) is 1.10. The summed E-state index contributed by atoms with van der Waals surface area (Å²) in [5.74, 6) is 0.519. The van der Waals surface area contributed by atoms with Crippen LogP contribution in [-0.4, -0.2) is 8.05 Å². The third kappa shape index (κ3) is 2.83. The standard InChI is InChI=1S/C15H18BOP/c1-12(2)14-10-6-7-11-15(14)18(17-16)13-8-4-3-5-9-13/h3-12H,16H2,1-2H3/t18-/m1/s1. The monoisotopic (exact) mass is 256 g/mol. The SMILES string of the molecule is BO[P@](c1ccccc1)c1ccccc1C(C)C. The van der Waals surface area contributed by atoms with Crippen LogP contribution < -0.4 is 10.6 Å². The van der Waals surface area contributed by atoms with Gasteiger partial charge in [0.15, 0.2) is 0 Å². The summed E-state index contributed by atoms with van der Waals surface area (Å²) in [5, 5.41) is 2.60. The van der Waals surface area contributed by atoms with Gasteiger partial charge in [-0.05, 0) is 11.5 Å². The first-order valence-corrected chi connectivity index (χ1v) is 7.48. The van der Waals surface area contributed by atoms with Gasteiger partial charge in [-0.2, -0.15) is 0 Å². The smallest absolute Gasteiger partial charge is 0.263 e. The molecule has 2 rings (SSSR count). The van der Waals surface area contributed by atoms with Crippen molar-refractivity contribution in [2.45, 2.75) is 19.8 Å². The Morgan fingerprint density at radius 2 is 1.56 bits per heavy atom. The van der Waals surface area contributed by atoms with Crippen molar-refractivity contribution in [2.24, 2.45) is 0 Å². The fourth-order valence-corrected chi connectivity index (χ4v) is 3.98. The van der Waals surface area contributed by atoms with Gasteiger partial charge in [0.2, 0.25) is 0 Å². The number of benzene rings is 2. The average molecular weight is 256 g/mol. The molecule has 0 aliphatic carbocycles. The van der Waals surface area contributed by atoms with Crippen molar-refractivity contribution in [3.63, 3.8) is 0 Å². The van der Waals surface area contributed by atoms with Crippen LogP contribution >= 0.6 is 8.15 Å². The zero-order valence-corrected chi connectivity index (χ0v) is 12.0. The highest BCUT2D eigenvalue weighted by atomic mass is 31.1. The molecule has 18 heavy (non-hydrogen) atoms. The summed E-state index contributed by atoms with van der Waals surface area (Å²) < 4.78 is 5.78. The second-order valence-electron chi connectivity index (χ2n) is 4.53. The topological polar surface area (TPSA) is 9.23 Å². The van der Waals surface area contributed by atoms with Gasteiger partial charge in [-0.15, -0.1) is 0 Å². The van der Waals surface area contributed by atoms with E-state index in [1.54, 1.807) is 8.05 Å². The van der Waals surface area contributed by atoms with E-state index in [1.165, 1.54) is 16.2 Å². The van der Waals surface area contributed by atoms with Crippen LogP contribution in [0.3, 0.4) is 0 Å². The van der Waals surface area contributed by atoms with Gasteiger partial charge >= 0.3 is 0 Å². The molecular weight excluding hydrogens is 238 g/mol. The Kier molecular flexibility index (Phi) is 4.57. The van der Waals surface area contributed by atoms with Crippen LogP contribution in [0.4, 0.5) is 0 Å². The van der Waals surface area contributed by atoms with E-state index in [-0.39, 0.29) is 0 Å². The molecule has 2 aromatic rings. The average Bonchev–Trinajstić information content (AvgIpc) is 2.41. The summed E-state index contributed by atoms with van der Waals surface area (Å²) >= 11 is 0. The van der Waals surface area contributed by atoms with Crippen molar-refractivity contribution in [1.82, 2.24) is 0 Å². The third-order valence-corrected chi connectivity index (χ3v) is 4.93. The molecule has 0 fully saturated rings. The second kappa shape index (κ2) is 6.18. The molecule has 1 nitrogen and oxygen atoms in total. The molecule has 0 saturated carbocycles. The van der Waals surface area contributed by atoms with E-state index < -0.39 is 8.15 Å². The van der Waals surface area contributed by atoms with Gasteiger partial charge in [-0.3, -0.25) is 0 Å². The van der Waals surface area contributed by atoms with Gasteiger partial charge in [0.05, 0.1) is 8.15 Å². The minimum atomic E-state index is -0.702. The molecule has 0 aliphatic rings. The Balaban J connectivity index is 2.46. The number of hydrogen-bond donors (Lipinski definition) is 0. The Morgan fingerprint density at radius 3 is 2.17 bits per heavy atom. The van der Waals surface area contributed by atoms with Gasteiger partial charge in [-0.25, -0.2) is 0 Å². The molecule has 0 unspecified atom stereocenters. The van der Waals surface area contributed by atoms with Crippen LogP contribution in [0.1, 0.15) is 25.3 Å². The Morgan fingerprint density at radius 1 is 0.944 bits per heavy atom. The minimum Gasteiger partial charge on any atom is -0.417 e. The number of rotatable bonds is 4. The normalized spacial score (nSPS) is 12.6. The molecule has 2 aromatic carbocycles. The highest BCUT2D eigenvalue weighted by Gasteiger charge is 2.17. The lowest BCUT2D eigenvalue weighted by atomic mass is 10.0. The van der Waals surface area contributed by atoms with E-state index in [0.29, 0.717) is 5.92 Å². The van der Waals surface area contributed by atoms with Crippen LogP contribution in [0.25, 0.3) is 0 Å². The van der Waals surface area contributed by atoms with Gasteiger partial charge in [0.1, 0.15) is 0 Å². The van der Waals surface area contributed by atoms with E-state index in [1.807, 2.05) is 6.07 Å². The van der Waals surface area contributed by atoms with Crippen molar-refractivity contribution >= 4 is 26.8 Å². The summed E-state index contributed by atoms with van der Waals surface area (Å²) in [6.45, 7) is 4.46. The van der Waals surface area contributed by atoms with E-state index in [4.69, 9.17) is 4.44 Å². The quantitative estimate of drug-likeness (QED) is 0.603. The largest absolute Gasteiger partial charge is 0.417 e. The maximum Gasteiger partial charge on any atom is 0.263 e. The number of hydrogen-bond acceptors (Lipinski definition) is 1. The van der Waals surface area contributed by atoms with Crippen molar-refractivity contribution in [3.8, 4) is 0 Å². The zero-order chi connectivity index (χ0) is 13.0. The summed E-state index contributed by atoms with van der Waals surface area (Å²) in [6, 6.07) is 19.1. The van der Waals surface area contributed by atoms with Crippen LogP contribution in [0.15, 0.2) is 54.6 Å². The third-order valence-electron chi connectivity index (χ3n) is 2.95. The van der Waals surface area contributed by atoms with E-state index in [9.17, 15) is 0 Å². The van der Waals surface area contributed by atoms with Crippen LogP contribution in [0.2, 0.25) is 0 Å². The molecule has 0 bridgehead atoms. The lowest BCUT2D eigenvalue weighted by Crippen LogP contribution is -2.17. The molecule has 92 valence electrons. The fraction of sp³-hybridized carbons (Fsp3) is 0.200. The molecule has 0 N–H and O–H groups in total. The van der Waals surface area contributed by atoms with Crippen molar-refractivity contribution < 1.29 is 4.44 Å². The van der Waals surface area contributed by atoms with Gasteiger partial charge in [0, 0.05) is 10.6 Å². The molecule has 0 saturated heterocycles. The highest BCUT2D eigenvalue weighted by molar-refractivity contribution is 7.69. The van der Waals surface area contributed by atoms with Crippen molar-refractivity contribution in [1.29, 1.82) is 0 Å². The van der Waals surface area contributed by atoms with Crippen molar-refractivity contribution in [3.05, 3.63) is 60.2 Å². The Labute approximate surface area is 111 Å². The second-order valence-corrected chi connectivity index (χ2v) is 6.48. The lowest BCUT2D eigenvalue weighted by molar-refractivity contribution is 0.704. The zero-order valence-electron chi connectivity index (χ0n) is 11.1. The summed E-state index contributed by atoms with van der Waals surface area (Å²) in [6.07, 6.45) is 0. The first-order chi connectivity index (χ1) is 8.74. The fourth-order valence-electron chi connectivity index (χ4n) is 2.07. The van der Waals surface area contributed by atoms with Crippen LogP contribution in [-0.2, 0) is 4.44 Å². The molecular formula is C15H18BOP. The molecule has 1 atom stereocenters. The predicted molar refractivity (Wildman–Crippen MR) is 82.8 cm³/mol. The Hall–Kier alpha value is -1.11. The molecule has 0 heterocycles. The van der Waals surface area contributed by atoms with Crippen LogP contribution in [0, 0.1) is 0 Å². The van der Waals surface area contributed by atoms with Gasteiger partial charge in [0.25, 0.3) is 8.05 Å². The van der Waals surface area contributed by atoms with E-state index in [2.05, 4.69) is 62.4 Å². The van der Waals surface area contributed by atoms with Crippen molar-refractivity contribution in [2.75, 3.05) is 0 Å².